The van der Waals surface area contributed by atoms with Gasteiger partial charge in [0.1, 0.15) is 0 Å². The minimum absolute atomic E-state index is 0.813. The average molecular weight is 154 g/mol. The quantitative estimate of drug-likeness (QED) is 0.319. The smallest absolute Gasteiger partial charge is 0.364 e. The van der Waals surface area contributed by atoms with Crippen LogP contribution in [0, 0.1) is 0 Å². The van der Waals surface area contributed by atoms with Gasteiger partial charge in [0, 0.05) is 0 Å². The van der Waals surface area contributed by atoms with Gasteiger partial charge < -0.3 is 5.11 Å². The Morgan fingerprint density at radius 3 is 2.22 bits per heavy atom. The molecule has 9 heavy (non-hydrogen) atoms. The van der Waals surface area contributed by atoms with Crippen molar-refractivity contribution in [2.75, 3.05) is 0 Å². The van der Waals surface area contributed by atoms with E-state index in [-0.39, 0.29) is 0 Å². The van der Waals surface area contributed by atoms with E-state index in [9.17, 15) is 8.42 Å². The standard InChI is InChI=1S/C3H6O5S/c1-2-3(4)8-9(5,6)7/h2-4H,1H2,(H,5,6,7). The topological polar surface area (TPSA) is 83.8 Å². The molecule has 0 aliphatic heterocycles. The summed E-state index contributed by atoms with van der Waals surface area (Å²) in [5, 5.41) is 8.31. The highest BCUT2D eigenvalue weighted by atomic mass is 32.3. The molecule has 6 heteroatoms. The summed E-state index contributed by atoms with van der Waals surface area (Å²) in [5.74, 6) is 0. The first-order valence-corrected chi connectivity index (χ1v) is 3.28. The van der Waals surface area contributed by atoms with Gasteiger partial charge in [-0.15, -0.1) is 0 Å². The van der Waals surface area contributed by atoms with Gasteiger partial charge in [0.25, 0.3) is 0 Å². The van der Waals surface area contributed by atoms with Crippen molar-refractivity contribution in [3.8, 4) is 0 Å². The van der Waals surface area contributed by atoms with Crippen molar-refractivity contribution in [1.29, 1.82) is 0 Å². The number of hydrogen-bond acceptors (Lipinski definition) is 4. The van der Waals surface area contributed by atoms with Crippen LogP contribution in [0.5, 0.6) is 0 Å². The third kappa shape index (κ3) is 5.44. The van der Waals surface area contributed by atoms with Gasteiger partial charge in [0.05, 0.1) is 0 Å². The van der Waals surface area contributed by atoms with Crippen molar-refractivity contribution in [2.45, 2.75) is 6.29 Å². The van der Waals surface area contributed by atoms with E-state index < -0.39 is 16.7 Å². The Morgan fingerprint density at radius 2 is 2.11 bits per heavy atom. The summed E-state index contributed by atoms with van der Waals surface area (Å²) in [6, 6.07) is 0. The maximum atomic E-state index is 9.73. The van der Waals surface area contributed by atoms with Crippen LogP contribution in [0.1, 0.15) is 0 Å². The molecule has 0 aliphatic rings. The predicted molar refractivity (Wildman–Crippen MR) is 28.8 cm³/mol. The molecular formula is C3H6O5S. The highest BCUT2D eigenvalue weighted by molar-refractivity contribution is 7.80. The Bertz CT molecular complexity index is 180. The van der Waals surface area contributed by atoms with Gasteiger partial charge in [-0.05, 0) is 6.08 Å². The Balaban J connectivity index is 3.89. The lowest BCUT2D eigenvalue weighted by Crippen LogP contribution is -2.13. The zero-order chi connectivity index (χ0) is 7.49. The predicted octanol–water partition coefficient (Wildman–Crippen LogP) is -0.690. The highest BCUT2D eigenvalue weighted by Gasteiger charge is 2.08. The molecule has 0 aliphatic carbocycles. The molecule has 1 unspecified atom stereocenters. The molecule has 0 fully saturated rings. The fraction of sp³-hybridized carbons (Fsp3) is 0.333. The van der Waals surface area contributed by atoms with Crippen LogP contribution in [-0.4, -0.2) is 24.4 Å². The molecule has 2 N–H and O–H groups in total. The number of rotatable bonds is 3. The van der Waals surface area contributed by atoms with Gasteiger partial charge in [-0.2, -0.15) is 8.42 Å². The monoisotopic (exact) mass is 154 g/mol. The maximum absolute atomic E-state index is 9.73. The van der Waals surface area contributed by atoms with Crippen molar-refractivity contribution in [3.05, 3.63) is 12.7 Å². The molecule has 0 heterocycles. The second-order valence-electron chi connectivity index (χ2n) is 1.15. The van der Waals surface area contributed by atoms with Crippen molar-refractivity contribution >= 4 is 10.4 Å². The van der Waals surface area contributed by atoms with Gasteiger partial charge in [-0.1, -0.05) is 6.58 Å². The molecule has 5 nitrogen and oxygen atoms in total. The Labute approximate surface area is 52.5 Å². The molecule has 0 bridgehead atoms. The highest BCUT2D eigenvalue weighted by Crippen LogP contribution is 1.92. The fourth-order valence-electron chi connectivity index (χ4n) is 0.164. The molecule has 0 saturated carbocycles. The lowest BCUT2D eigenvalue weighted by atomic mass is 10.6. The first-order valence-electron chi connectivity index (χ1n) is 1.92. The fourth-order valence-corrected chi connectivity index (χ4v) is 0.492. The first kappa shape index (κ1) is 8.57. The second-order valence-corrected chi connectivity index (χ2v) is 2.20. The molecule has 0 aromatic carbocycles. The van der Waals surface area contributed by atoms with E-state index in [0.29, 0.717) is 0 Å². The molecule has 54 valence electrons. The summed E-state index contributed by atoms with van der Waals surface area (Å²) in [6.45, 7) is 2.99. The van der Waals surface area contributed by atoms with Crippen molar-refractivity contribution < 1.29 is 22.3 Å². The molecule has 0 aromatic rings. The molecule has 0 aromatic heterocycles. The van der Waals surface area contributed by atoms with E-state index in [1.165, 1.54) is 0 Å². The van der Waals surface area contributed by atoms with Crippen LogP contribution in [0.15, 0.2) is 12.7 Å². The first-order chi connectivity index (χ1) is 3.95. The minimum Gasteiger partial charge on any atom is -0.364 e. The number of aliphatic hydroxyl groups is 1. The maximum Gasteiger partial charge on any atom is 0.400 e. The van der Waals surface area contributed by atoms with Crippen LogP contribution in [0.4, 0.5) is 0 Å². The number of aliphatic hydroxyl groups excluding tert-OH is 1. The zero-order valence-corrected chi connectivity index (χ0v) is 5.21. The van der Waals surface area contributed by atoms with Gasteiger partial charge in [-0.3, -0.25) is 4.55 Å². The van der Waals surface area contributed by atoms with E-state index in [1.807, 2.05) is 0 Å². The molecule has 0 amide bonds. The van der Waals surface area contributed by atoms with Gasteiger partial charge >= 0.3 is 10.4 Å². The molecule has 0 rings (SSSR count). The van der Waals surface area contributed by atoms with Crippen LogP contribution in [-0.2, 0) is 14.6 Å². The van der Waals surface area contributed by atoms with Gasteiger partial charge in [-0.25, -0.2) is 4.18 Å². The summed E-state index contributed by atoms with van der Waals surface area (Å²) in [5.41, 5.74) is 0. The molecule has 0 radical (unpaired) electrons. The van der Waals surface area contributed by atoms with Crippen molar-refractivity contribution in [3.63, 3.8) is 0 Å². The van der Waals surface area contributed by atoms with E-state index in [2.05, 4.69) is 10.8 Å². The van der Waals surface area contributed by atoms with Crippen molar-refractivity contribution in [2.24, 2.45) is 0 Å². The van der Waals surface area contributed by atoms with Crippen LogP contribution in [0.2, 0.25) is 0 Å². The summed E-state index contributed by atoms with van der Waals surface area (Å²) in [6.07, 6.45) is -0.867. The second kappa shape index (κ2) is 2.92. The summed E-state index contributed by atoms with van der Waals surface area (Å²) >= 11 is 0. The van der Waals surface area contributed by atoms with E-state index in [1.54, 1.807) is 0 Å². The third-order valence-corrected chi connectivity index (χ3v) is 0.862. The Morgan fingerprint density at radius 1 is 1.67 bits per heavy atom. The van der Waals surface area contributed by atoms with Gasteiger partial charge in [0.2, 0.25) is 0 Å². The Kier molecular flexibility index (Phi) is 2.78. The third-order valence-electron chi connectivity index (χ3n) is 0.422. The zero-order valence-electron chi connectivity index (χ0n) is 4.39. The normalized spacial score (nSPS) is 14.9. The summed E-state index contributed by atoms with van der Waals surface area (Å²) in [7, 11) is -4.56. The van der Waals surface area contributed by atoms with Gasteiger partial charge in [0.15, 0.2) is 6.29 Å². The van der Waals surface area contributed by atoms with Crippen LogP contribution < -0.4 is 0 Å². The molecule has 1 atom stereocenters. The van der Waals surface area contributed by atoms with E-state index >= 15 is 0 Å². The number of hydrogen-bond donors (Lipinski definition) is 2. The Hall–Kier alpha value is -0.430. The minimum atomic E-state index is -4.56. The molecular weight excluding hydrogens is 148 g/mol. The summed E-state index contributed by atoms with van der Waals surface area (Å²) < 4.78 is 30.9. The molecule has 0 spiro atoms. The largest absolute Gasteiger partial charge is 0.400 e. The van der Waals surface area contributed by atoms with Crippen molar-refractivity contribution in [1.82, 2.24) is 0 Å². The van der Waals surface area contributed by atoms with E-state index in [0.717, 1.165) is 6.08 Å². The summed E-state index contributed by atoms with van der Waals surface area (Å²) in [4.78, 5) is 0. The van der Waals surface area contributed by atoms with Crippen LogP contribution in [0.25, 0.3) is 0 Å². The van der Waals surface area contributed by atoms with Crippen LogP contribution >= 0.6 is 0 Å². The van der Waals surface area contributed by atoms with E-state index in [4.69, 9.17) is 9.66 Å². The average Bonchev–Trinajstić information content (AvgIpc) is 1.62. The lowest BCUT2D eigenvalue weighted by Gasteiger charge is -2.00. The molecule has 0 saturated heterocycles. The van der Waals surface area contributed by atoms with Crippen LogP contribution in [0.3, 0.4) is 0 Å². The SMILES string of the molecule is C=CC(O)OS(=O)(=O)O. The lowest BCUT2D eigenvalue weighted by molar-refractivity contribution is 0.0216.